The zero-order chi connectivity index (χ0) is 25.8. The van der Waals surface area contributed by atoms with E-state index in [9.17, 15) is 0 Å². The van der Waals surface area contributed by atoms with Gasteiger partial charge in [-0.3, -0.25) is 0 Å². The Bertz CT molecular complexity index is 326. The summed E-state index contributed by atoms with van der Waals surface area (Å²) in [5, 5.41) is 0. The molecule has 0 aliphatic rings. The molecule has 34 heavy (non-hydrogen) atoms. The number of hydrogen-bond acceptors (Lipinski definition) is 0. The molecule has 0 spiro atoms. The minimum absolute atomic E-state index is 0. The third-order valence-electron chi connectivity index (χ3n) is 6.54. The van der Waals surface area contributed by atoms with Crippen LogP contribution in [-0.4, -0.2) is 69.9 Å². The van der Waals surface area contributed by atoms with Crippen molar-refractivity contribution in [1.29, 1.82) is 0 Å². The Labute approximate surface area is 244 Å². The first-order valence-electron chi connectivity index (χ1n) is 13.6. The number of hydrogen-bond donors (Lipinski definition) is 0. The summed E-state index contributed by atoms with van der Waals surface area (Å²) < 4.78 is 0. The second-order valence-corrected chi connectivity index (χ2v) is 25.9. The topological polar surface area (TPSA) is 0 Å². The molecule has 216 valence electrons. The van der Waals surface area contributed by atoms with Gasteiger partial charge in [-0.1, -0.05) is 111 Å². The third-order valence-corrected chi connectivity index (χ3v) is 20.8. The molecule has 0 aromatic heterocycles. The maximum Gasteiger partial charge on any atom is 0 e. The normalized spacial score (nSPS) is 12.4. The minimum Gasteiger partial charge on any atom is -0.101 e. The fourth-order valence-electron chi connectivity index (χ4n) is 4.91. The largest absolute Gasteiger partial charge is 0.101 e. The minimum atomic E-state index is 0. The molecular formula is C28H64Ni2P4. The van der Waals surface area contributed by atoms with E-state index in [1.165, 1.54) is 24.6 Å². The van der Waals surface area contributed by atoms with Gasteiger partial charge in [-0.15, -0.1) is 31.7 Å². The maximum atomic E-state index is 2.42. The van der Waals surface area contributed by atoms with Crippen molar-refractivity contribution in [1.82, 2.24) is 0 Å². The Morgan fingerprint density at radius 3 is 0.412 bits per heavy atom. The molecule has 0 N–H and O–H groups in total. The second kappa shape index (κ2) is 23.6. The van der Waals surface area contributed by atoms with Crippen molar-refractivity contribution in [3.8, 4) is 0 Å². The van der Waals surface area contributed by atoms with E-state index in [-0.39, 0.29) is 64.7 Å². The van der Waals surface area contributed by atoms with E-state index >= 15 is 0 Å². The van der Waals surface area contributed by atoms with Gasteiger partial charge in [0.15, 0.2) is 0 Å². The molecule has 0 bridgehead atoms. The predicted octanol–water partition coefficient (Wildman–Crippen LogP) is 11.2. The van der Waals surface area contributed by atoms with Crippen LogP contribution in [0.2, 0.25) is 0 Å². The van der Waals surface area contributed by atoms with Gasteiger partial charge >= 0.3 is 0 Å². The van der Waals surface area contributed by atoms with Gasteiger partial charge in [-0.05, 0) is 69.9 Å². The Morgan fingerprint density at radius 1 is 0.265 bits per heavy atom. The van der Waals surface area contributed by atoms with Gasteiger partial charge in [0.2, 0.25) is 0 Å². The smallest absolute Gasteiger partial charge is 0 e. The van der Waals surface area contributed by atoms with Crippen molar-refractivity contribution in [2.24, 2.45) is 0 Å². The van der Waals surface area contributed by atoms with E-state index in [0.29, 0.717) is 0 Å². The first-order valence-corrected chi connectivity index (χ1v) is 20.2. The molecule has 0 heterocycles. The van der Waals surface area contributed by atoms with Crippen LogP contribution in [0, 0.1) is 0 Å². The van der Waals surface area contributed by atoms with Gasteiger partial charge in [0.05, 0.1) is 0 Å². The summed E-state index contributed by atoms with van der Waals surface area (Å²) in [6, 6.07) is 0. The van der Waals surface area contributed by atoms with Crippen LogP contribution in [0.25, 0.3) is 0 Å². The van der Waals surface area contributed by atoms with Gasteiger partial charge < -0.3 is 0 Å². The molecule has 0 aromatic rings. The first kappa shape index (κ1) is 43.7. The molecule has 0 fully saturated rings. The molecular weight excluding hydrogens is 578 g/mol. The molecule has 0 nitrogen and oxygen atoms in total. The van der Waals surface area contributed by atoms with Crippen molar-refractivity contribution in [3.05, 3.63) is 0 Å². The first-order chi connectivity index (χ1) is 14.5. The third kappa shape index (κ3) is 19.7. The molecule has 0 aliphatic heterocycles. The van der Waals surface area contributed by atoms with Crippen LogP contribution in [0.3, 0.4) is 0 Å². The fraction of sp³-hybridized carbons (Fsp3) is 1.00. The molecule has 0 saturated carbocycles. The monoisotopic (exact) mass is 640 g/mol. The summed E-state index contributed by atoms with van der Waals surface area (Å²) in [7, 11) is 1.02. The SMILES string of the molecule is CC(C)P(CCP(C(C)C)C(C)C)C(C)C.CC(C)P(CCP(C(C)C)C(C)C)C(C)C.[Ni].[Ni]. The summed E-state index contributed by atoms with van der Waals surface area (Å²) in [4.78, 5) is 0. The van der Waals surface area contributed by atoms with Crippen LogP contribution in [-0.2, 0) is 33.0 Å². The average Bonchev–Trinajstić information content (AvgIpc) is 2.59. The summed E-state index contributed by atoms with van der Waals surface area (Å²) in [6.07, 6.45) is 6.03. The molecule has 0 unspecified atom stereocenters. The van der Waals surface area contributed by atoms with Crippen molar-refractivity contribution in [3.63, 3.8) is 0 Å². The summed E-state index contributed by atoms with van der Waals surface area (Å²) in [5.41, 5.74) is 7.27. The molecule has 0 atom stereocenters. The van der Waals surface area contributed by atoms with Gasteiger partial charge in [0.1, 0.15) is 0 Å². The second-order valence-electron chi connectivity index (χ2n) is 11.7. The molecule has 0 saturated heterocycles. The summed E-state index contributed by atoms with van der Waals surface area (Å²) >= 11 is 0. The van der Waals surface area contributed by atoms with Crippen LogP contribution in [0.4, 0.5) is 0 Å². The Morgan fingerprint density at radius 2 is 0.353 bits per heavy atom. The van der Waals surface area contributed by atoms with E-state index in [4.69, 9.17) is 0 Å². The van der Waals surface area contributed by atoms with Crippen molar-refractivity contribution < 1.29 is 33.0 Å². The quantitative estimate of drug-likeness (QED) is 0.131. The van der Waals surface area contributed by atoms with Crippen molar-refractivity contribution in [2.75, 3.05) is 24.6 Å². The standard InChI is InChI=1S/2C14H32P2.2Ni/c2*1-11(2)15(12(3)4)9-10-16(13(5)6)14(7)8;;/h2*11-14H,9-10H2,1-8H3;;. The Hall–Kier alpha value is 2.71. The number of rotatable bonds is 14. The van der Waals surface area contributed by atoms with Crippen LogP contribution >= 0.6 is 31.7 Å². The molecule has 0 aliphatic carbocycles. The van der Waals surface area contributed by atoms with E-state index < -0.39 is 0 Å². The zero-order valence-electron chi connectivity index (χ0n) is 25.9. The zero-order valence-corrected chi connectivity index (χ0v) is 31.4. The molecule has 0 radical (unpaired) electrons. The van der Waals surface area contributed by atoms with E-state index in [1.54, 1.807) is 0 Å². The maximum absolute atomic E-state index is 2.42. The predicted molar refractivity (Wildman–Crippen MR) is 168 cm³/mol. The molecule has 0 rings (SSSR count). The fourth-order valence-corrected chi connectivity index (χ4v) is 17.5. The van der Waals surface area contributed by atoms with Crippen molar-refractivity contribution >= 4 is 31.7 Å². The summed E-state index contributed by atoms with van der Waals surface area (Å²) in [6.45, 7) is 38.6. The van der Waals surface area contributed by atoms with Crippen LogP contribution < -0.4 is 0 Å². The van der Waals surface area contributed by atoms with Gasteiger partial charge in [-0.25, -0.2) is 0 Å². The summed E-state index contributed by atoms with van der Waals surface area (Å²) in [5.74, 6) is 0. The molecule has 6 heteroatoms. The van der Waals surface area contributed by atoms with Crippen LogP contribution in [0.5, 0.6) is 0 Å². The van der Waals surface area contributed by atoms with E-state index in [0.717, 1.165) is 45.3 Å². The average molecular weight is 642 g/mol. The van der Waals surface area contributed by atoms with Crippen molar-refractivity contribution in [2.45, 2.75) is 156 Å². The van der Waals surface area contributed by atoms with E-state index in [1.807, 2.05) is 0 Å². The van der Waals surface area contributed by atoms with Gasteiger partial charge in [-0.2, -0.15) is 0 Å². The van der Waals surface area contributed by atoms with Gasteiger partial charge in [0.25, 0.3) is 0 Å². The van der Waals surface area contributed by atoms with Crippen LogP contribution in [0.1, 0.15) is 111 Å². The Balaban J connectivity index is -0.000000250. The molecule has 0 aromatic carbocycles. The van der Waals surface area contributed by atoms with Gasteiger partial charge in [0, 0.05) is 33.0 Å². The Kier molecular flexibility index (Phi) is 30.3. The van der Waals surface area contributed by atoms with E-state index in [2.05, 4.69) is 111 Å². The molecule has 0 amide bonds. The van der Waals surface area contributed by atoms with Crippen LogP contribution in [0.15, 0.2) is 0 Å².